The predicted octanol–water partition coefficient (Wildman–Crippen LogP) is 2.68. The lowest BCUT2D eigenvalue weighted by Crippen LogP contribution is -2.06. The lowest BCUT2D eigenvalue weighted by atomic mass is 10.2. The molecule has 0 unspecified atom stereocenters. The van der Waals surface area contributed by atoms with Crippen LogP contribution in [0.2, 0.25) is 0 Å². The van der Waals surface area contributed by atoms with Crippen molar-refractivity contribution in [2.45, 2.75) is 20.4 Å². The zero-order valence-electron chi connectivity index (χ0n) is 11.2. The van der Waals surface area contributed by atoms with Gasteiger partial charge in [0.1, 0.15) is 0 Å². The van der Waals surface area contributed by atoms with Crippen LogP contribution in [-0.4, -0.2) is 23.0 Å². The van der Waals surface area contributed by atoms with Gasteiger partial charge in [0.15, 0.2) is 5.82 Å². The van der Waals surface area contributed by atoms with Gasteiger partial charge in [-0.3, -0.25) is 9.67 Å². The molecular formula is C14H20N4. The van der Waals surface area contributed by atoms with Gasteiger partial charge in [0.05, 0.1) is 12.2 Å². The Balaban J connectivity index is 3.13. The largest absolute Gasteiger partial charge is 0.382 e. The summed E-state index contributed by atoms with van der Waals surface area (Å²) in [4.78, 5) is 4.04. The van der Waals surface area contributed by atoms with Crippen LogP contribution in [0.15, 0.2) is 35.4 Å². The molecule has 0 aliphatic carbocycles. The molecule has 96 valence electrons. The number of allylic oxidation sites excluding steroid dienone is 4. The fourth-order valence-electron chi connectivity index (χ4n) is 1.65. The molecule has 0 atom stereocenters. The first-order chi connectivity index (χ1) is 8.63. The summed E-state index contributed by atoms with van der Waals surface area (Å²) < 4.78 is 1.84. The number of nitrogens with two attached hydrogens (primary N) is 1. The summed E-state index contributed by atoms with van der Waals surface area (Å²) >= 11 is 0. The van der Waals surface area contributed by atoms with Crippen LogP contribution in [0.1, 0.15) is 25.1 Å². The topological polar surface area (TPSA) is 56.2 Å². The van der Waals surface area contributed by atoms with Gasteiger partial charge in [-0.05, 0) is 13.8 Å². The molecule has 0 amide bonds. The summed E-state index contributed by atoms with van der Waals surface area (Å²) in [5, 5.41) is 4.32. The number of rotatable bonds is 5. The van der Waals surface area contributed by atoms with E-state index in [9.17, 15) is 0 Å². The molecule has 0 radical (unpaired) electrons. The van der Waals surface area contributed by atoms with Crippen LogP contribution in [0.3, 0.4) is 0 Å². The molecule has 1 aromatic rings. The maximum absolute atomic E-state index is 5.86. The van der Waals surface area contributed by atoms with Crippen LogP contribution in [0, 0.1) is 0 Å². The van der Waals surface area contributed by atoms with E-state index < -0.39 is 0 Å². The van der Waals surface area contributed by atoms with Gasteiger partial charge in [-0.25, -0.2) is 0 Å². The zero-order valence-corrected chi connectivity index (χ0v) is 11.2. The molecule has 0 fully saturated rings. The Labute approximate surface area is 108 Å². The minimum absolute atomic E-state index is 0.485. The van der Waals surface area contributed by atoms with Crippen molar-refractivity contribution in [2.75, 3.05) is 12.8 Å². The fraction of sp³-hybridized carbons (Fsp3) is 0.286. The quantitative estimate of drug-likeness (QED) is 0.639. The Morgan fingerprint density at radius 2 is 2.28 bits per heavy atom. The third kappa shape index (κ3) is 3.20. The molecule has 0 aliphatic heterocycles. The summed E-state index contributed by atoms with van der Waals surface area (Å²) in [6.07, 6.45) is 9.51. The lowest BCUT2D eigenvalue weighted by molar-refractivity contribution is 0.676. The van der Waals surface area contributed by atoms with E-state index in [-0.39, 0.29) is 0 Å². The Morgan fingerprint density at radius 3 is 2.83 bits per heavy atom. The van der Waals surface area contributed by atoms with Crippen molar-refractivity contribution in [3.63, 3.8) is 0 Å². The average Bonchev–Trinajstić information content (AvgIpc) is 2.63. The number of hydrogen-bond donors (Lipinski definition) is 1. The molecule has 0 saturated heterocycles. The number of aliphatic imine (C=N–C) groups is 1. The van der Waals surface area contributed by atoms with Gasteiger partial charge >= 0.3 is 0 Å². The molecule has 0 spiro atoms. The van der Waals surface area contributed by atoms with Crippen LogP contribution in [0.5, 0.6) is 0 Å². The number of hydrogen-bond acceptors (Lipinski definition) is 3. The van der Waals surface area contributed by atoms with E-state index in [0.29, 0.717) is 12.4 Å². The first kappa shape index (κ1) is 14.0. The molecule has 4 heteroatoms. The first-order valence-electron chi connectivity index (χ1n) is 5.83. The summed E-state index contributed by atoms with van der Waals surface area (Å²) in [5.74, 6) is 0.485. The van der Waals surface area contributed by atoms with Crippen molar-refractivity contribution in [3.05, 3.63) is 41.6 Å². The zero-order chi connectivity index (χ0) is 13.5. The molecule has 4 nitrogen and oxygen atoms in total. The van der Waals surface area contributed by atoms with E-state index in [1.165, 1.54) is 5.57 Å². The van der Waals surface area contributed by atoms with Gasteiger partial charge in [0.2, 0.25) is 0 Å². The van der Waals surface area contributed by atoms with Crippen molar-refractivity contribution < 1.29 is 0 Å². The van der Waals surface area contributed by atoms with Crippen molar-refractivity contribution in [3.8, 4) is 0 Å². The van der Waals surface area contributed by atoms with E-state index in [1.54, 1.807) is 19.3 Å². The highest BCUT2D eigenvalue weighted by molar-refractivity contribution is 5.86. The highest BCUT2D eigenvalue weighted by Crippen LogP contribution is 2.17. The molecule has 0 saturated carbocycles. The summed E-state index contributed by atoms with van der Waals surface area (Å²) in [5.41, 5.74) is 8.77. The van der Waals surface area contributed by atoms with Crippen LogP contribution >= 0.6 is 0 Å². The Bertz CT molecular complexity index is 504. The second kappa shape index (κ2) is 6.59. The third-order valence-corrected chi connectivity index (χ3v) is 2.49. The summed E-state index contributed by atoms with van der Waals surface area (Å²) in [6.45, 7) is 8.48. The molecule has 18 heavy (non-hydrogen) atoms. The normalized spacial score (nSPS) is 12.7. The smallest absolute Gasteiger partial charge is 0.153 e. The van der Waals surface area contributed by atoms with E-state index in [0.717, 1.165) is 11.3 Å². The second-order valence-electron chi connectivity index (χ2n) is 3.97. The lowest BCUT2D eigenvalue weighted by Gasteiger charge is -2.04. The van der Waals surface area contributed by atoms with Crippen LogP contribution in [0.4, 0.5) is 5.82 Å². The molecule has 0 bridgehead atoms. The van der Waals surface area contributed by atoms with Crippen LogP contribution in [-0.2, 0) is 6.54 Å². The number of nitrogen functional groups attached to an aromatic ring is 1. The Hall–Kier alpha value is -2.10. The standard InChI is InChI=1S/C14H20N4/c1-5-7-8-11(3)10-18-13(9-16-4)12(6-2)14(15)17-18/h5-9H,2,10H2,1,3-4H3,(H2,15,17)/b7-5-,11-8+,16-9-. The van der Waals surface area contributed by atoms with Gasteiger partial charge in [-0.2, -0.15) is 5.10 Å². The van der Waals surface area contributed by atoms with E-state index >= 15 is 0 Å². The van der Waals surface area contributed by atoms with E-state index in [2.05, 4.69) is 29.7 Å². The molecule has 1 heterocycles. The minimum atomic E-state index is 0.485. The van der Waals surface area contributed by atoms with Crippen molar-refractivity contribution in [1.82, 2.24) is 9.78 Å². The monoisotopic (exact) mass is 244 g/mol. The molecule has 1 rings (SSSR count). The van der Waals surface area contributed by atoms with E-state index in [4.69, 9.17) is 5.73 Å². The number of anilines is 1. The highest BCUT2D eigenvalue weighted by atomic mass is 15.3. The number of nitrogens with zero attached hydrogens (tertiary/aromatic N) is 3. The Morgan fingerprint density at radius 1 is 1.56 bits per heavy atom. The SMILES string of the molecule is C=Cc1c(N)nn(C/C(C)=C/C=C\C)c1/C=N\C. The molecule has 2 N–H and O–H groups in total. The highest BCUT2D eigenvalue weighted by Gasteiger charge is 2.11. The summed E-state index contributed by atoms with van der Waals surface area (Å²) in [6, 6.07) is 0. The van der Waals surface area contributed by atoms with Crippen molar-refractivity contribution in [2.24, 2.45) is 4.99 Å². The molecule has 0 aromatic carbocycles. The van der Waals surface area contributed by atoms with Crippen LogP contribution in [0.25, 0.3) is 6.08 Å². The van der Waals surface area contributed by atoms with Crippen molar-refractivity contribution in [1.29, 1.82) is 0 Å². The maximum atomic E-state index is 5.86. The molecular weight excluding hydrogens is 224 g/mol. The minimum Gasteiger partial charge on any atom is -0.382 e. The fourth-order valence-corrected chi connectivity index (χ4v) is 1.65. The van der Waals surface area contributed by atoms with Gasteiger partial charge in [-0.1, -0.05) is 36.5 Å². The second-order valence-corrected chi connectivity index (χ2v) is 3.97. The molecule has 1 aromatic heterocycles. The van der Waals surface area contributed by atoms with E-state index in [1.807, 2.05) is 23.8 Å². The molecule has 0 aliphatic rings. The van der Waals surface area contributed by atoms with Gasteiger partial charge < -0.3 is 5.73 Å². The van der Waals surface area contributed by atoms with Crippen molar-refractivity contribution >= 4 is 18.1 Å². The Kier molecular flexibility index (Phi) is 5.11. The van der Waals surface area contributed by atoms with Gasteiger partial charge in [0.25, 0.3) is 0 Å². The third-order valence-electron chi connectivity index (χ3n) is 2.49. The van der Waals surface area contributed by atoms with Gasteiger partial charge in [0, 0.05) is 18.8 Å². The van der Waals surface area contributed by atoms with Gasteiger partial charge in [-0.15, -0.1) is 0 Å². The summed E-state index contributed by atoms with van der Waals surface area (Å²) in [7, 11) is 1.73. The predicted molar refractivity (Wildman–Crippen MR) is 78.8 cm³/mol. The van der Waals surface area contributed by atoms with Crippen LogP contribution < -0.4 is 5.73 Å². The average molecular weight is 244 g/mol. The maximum Gasteiger partial charge on any atom is 0.153 e. The number of aromatic nitrogens is 2. The first-order valence-corrected chi connectivity index (χ1v) is 5.83.